The largest absolute Gasteiger partial charge is 0.393 e. The highest BCUT2D eigenvalue weighted by atomic mass is 79.9. The first kappa shape index (κ1) is 18.9. The molecule has 0 saturated heterocycles. The standard InChI is InChI=1S/C17H13BrClFN6O/c18-11-4-2-1-3-10(11)17(27)26-25-16-14(21)15(22-8-23-16)24-9-5-6-13(20)12(19)7-9/h1-8H,21H2,(H,26,27)(H2,22,23,24,25). The fourth-order valence-electron chi connectivity index (χ4n) is 2.13. The van der Waals surface area contributed by atoms with Gasteiger partial charge in [0, 0.05) is 10.2 Å². The molecule has 0 saturated carbocycles. The summed E-state index contributed by atoms with van der Waals surface area (Å²) in [6.45, 7) is 0. The third-order valence-electron chi connectivity index (χ3n) is 3.48. The van der Waals surface area contributed by atoms with Gasteiger partial charge in [0.25, 0.3) is 5.91 Å². The van der Waals surface area contributed by atoms with Crippen molar-refractivity contribution in [3.05, 3.63) is 69.7 Å². The molecule has 0 atom stereocenters. The maximum Gasteiger partial charge on any atom is 0.270 e. The first-order chi connectivity index (χ1) is 13.0. The molecule has 0 spiro atoms. The summed E-state index contributed by atoms with van der Waals surface area (Å²) < 4.78 is 13.9. The van der Waals surface area contributed by atoms with E-state index in [2.05, 4.69) is 42.1 Å². The van der Waals surface area contributed by atoms with E-state index in [1.165, 1.54) is 24.5 Å². The van der Waals surface area contributed by atoms with Crippen molar-refractivity contribution in [3.63, 3.8) is 0 Å². The van der Waals surface area contributed by atoms with E-state index in [1.54, 1.807) is 24.3 Å². The minimum Gasteiger partial charge on any atom is -0.393 e. The highest BCUT2D eigenvalue weighted by molar-refractivity contribution is 9.10. The Bertz CT molecular complexity index is 1000. The average Bonchev–Trinajstić information content (AvgIpc) is 2.65. The van der Waals surface area contributed by atoms with Gasteiger partial charge in [0.2, 0.25) is 0 Å². The Hall–Kier alpha value is -2.91. The van der Waals surface area contributed by atoms with Crippen LogP contribution in [0.2, 0.25) is 5.02 Å². The van der Waals surface area contributed by atoms with Gasteiger partial charge in [0.05, 0.1) is 10.6 Å². The van der Waals surface area contributed by atoms with Crippen LogP contribution in [0.1, 0.15) is 10.4 Å². The number of amides is 1. The zero-order chi connectivity index (χ0) is 19.4. The molecule has 0 aliphatic rings. The Morgan fingerprint density at radius 1 is 1.15 bits per heavy atom. The van der Waals surface area contributed by atoms with Crippen molar-refractivity contribution in [2.45, 2.75) is 0 Å². The Morgan fingerprint density at radius 3 is 2.63 bits per heavy atom. The molecule has 0 aliphatic carbocycles. The van der Waals surface area contributed by atoms with Gasteiger partial charge < -0.3 is 11.1 Å². The van der Waals surface area contributed by atoms with Crippen molar-refractivity contribution in [1.29, 1.82) is 0 Å². The van der Waals surface area contributed by atoms with E-state index in [1.807, 2.05) is 0 Å². The van der Waals surface area contributed by atoms with E-state index in [4.69, 9.17) is 17.3 Å². The molecule has 1 amide bonds. The zero-order valence-corrected chi connectivity index (χ0v) is 16.0. The number of nitrogens with zero attached hydrogens (tertiary/aromatic N) is 2. The van der Waals surface area contributed by atoms with Gasteiger partial charge >= 0.3 is 0 Å². The van der Waals surface area contributed by atoms with Crippen LogP contribution in [-0.2, 0) is 0 Å². The fourth-order valence-corrected chi connectivity index (χ4v) is 2.78. The van der Waals surface area contributed by atoms with E-state index in [9.17, 15) is 9.18 Å². The van der Waals surface area contributed by atoms with Crippen molar-refractivity contribution in [2.75, 3.05) is 16.5 Å². The van der Waals surface area contributed by atoms with Gasteiger partial charge in [0.15, 0.2) is 11.6 Å². The van der Waals surface area contributed by atoms with Crippen LogP contribution < -0.4 is 21.9 Å². The lowest BCUT2D eigenvalue weighted by atomic mass is 10.2. The first-order valence-corrected chi connectivity index (χ1v) is 8.76. The molecule has 3 aromatic rings. The Labute approximate surface area is 167 Å². The van der Waals surface area contributed by atoms with Crippen molar-refractivity contribution >= 4 is 56.4 Å². The molecule has 3 rings (SSSR count). The number of nitrogens with one attached hydrogen (secondary N) is 3. The summed E-state index contributed by atoms with van der Waals surface area (Å²) in [5.41, 5.74) is 12.3. The number of hydrazine groups is 1. The summed E-state index contributed by atoms with van der Waals surface area (Å²) in [4.78, 5) is 20.3. The van der Waals surface area contributed by atoms with Crippen LogP contribution in [-0.4, -0.2) is 15.9 Å². The first-order valence-electron chi connectivity index (χ1n) is 7.59. The van der Waals surface area contributed by atoms with Crippen LogP contribution in [0.4, 0.5) is 27.4 Å². The van der Waals surface area contributed by atoms with Gasteiger partial charge in [-0.25, -0.2) is 14.4 Å². The molecule has 0 unspecified atom stereocenters. The third-order valence-corrected chi connectivity index (χ3v) is 4.46. The minimum absolute atomic E-state index is 0.0355. The van der Waals surface area contributed by atoms with Crippen molar-refractivity contribution < 1.29 is 9.18 Å². The number of aromatic nitrogens is 2. The predicted octanol–water partition coefficient (Wildman–Crippen LogP) is 4.11. The number of nitrogens with two attached hydrogens (primary N) is 1. The molecule has 27 heavy (non-hydrogen) atoms. The number of rotatable bonds is 5. The van der Waals surface area contributed by atoms with E-state index in [-0.39, 0.29) is 28.3 Å². The maximum absolute atomic E-state index is 13.3. The van der Waals surface area contributed by atoms with Gasteiger partial charge in [-0.2, -0.15) is 0 Å². The van der Waals surface area contributed by atoms with Crippen LogP contribution in [0.5, 0.6) is 0 Å². The van der Waals surface area contributed by atoms with Crippen molar-refractivity contribution in [2.24, 2.45) is 0 Å². The number of nitrogen functional groups attached to an aromatic ring is 1. The van der Waals surface area contributed by atoms with Gasteiger partial charge in [0.1, 0.15) is 17.8 Å². The number of hydrogen-bond donors (Lipinski definition) is 4. The number of carbonyl (C=O) groups is 1. The number of hydrogen-bond acceptors (Lipinski definition) is 6. The fraction of sp³-hybridized carbons (Fsp3) is 0. The van der Waals surface area contributed by atoms with E-state index in [0.717, 1.165) is 0 Å². The van der Waals surface area contributed by atoms with Crippen LogP contribution >= 0.6 is 27.5 Å². The smallest absolute Gasteiger partial charge is 0.270 e. The summed E-state index contributed by atoms with van der Waals surface area (Å²) in [6.07, 6.45) is 1.26. The molecule has 0 bridgehead atoms. The van der Waals surface area contributed by atoms with Crippen LogP contribution in [0.25, 0.3) is 0 Å². The van der Waals surface area contributed by atoms with Crippen LogP contribution in [0.15, 0.2) is 53.3 Å². The van der Waals surface area contributed by atoms with Crippen molar-refractivity contribution in [1.82, 2.24) is 15.4 Å². The predicted molar refractivity (Wildman–Crippen MR) is 106 cm³/mol. The van der Waals surface area contributed by atoms with E-state index in [0.29, 0.717) is 15.7 Å². The third kappa shape index (κ3) is 4.44. The summed E-state index contributed by atoms with van der Waals surface area (Å²) >= 11 is 9.07. The molecule has 10 heteroatoms. The summed E-state index contributed by atoms with van der Waals surface area (Å²) in [7, 11) is 0. The molecular formula is C17H13BrClFN6O. The molecule has 1 aromatic heterocycles. The highest BCUT2D eigenvalue weighted by Crippen LogP contribution is 2.27. The lowest BCUT2D eigenvalue weighted by Crippen LogP contribution is -2.30. The molecule has 0 aliphatic heterocycles. The molecular weight excluding hydrogens is 439 g/mol. The summed E-state index contributed by atoms with van der Waals surface area (Å²) in [5, 5.41) is 2.89. The number of benzene rings is 2. The second-order valence-electron chi connectivity index (χ2n) is 5.30. The minimum atomic E-state index is -0.532. The Kier molecular flexibility index (Phi) is 5.72. The monoisotopic (exact) mass is 450 g/mol. The normalized spacial score (nSPS) is 10.3. The van der Waals surface area contributed by atoms with Gasteiger partial charge in [-0.15, -0.1) is 0 Å². The van der Waals surface area contributed by atoms with Crippen LogP contribution in [0.3, 0.4) is 0 Å². The highest BCUT2D eigenvalue weighted by Gasteiger charge is 2.12. The molecule has 0 radical (unpaired) electrons. The SMILES string of the molecule is Nc1c(NNC(=O)c2ccccc2Br)ncnc1Nc1ccc(F)c(Cl)c1. The molecule has 2 aromatic carbocycles. The van der Waals surface area contributed by atoms with Crippen LogP contribution in [0, 0.1) is 5.82 Å². The molecule has 0 fully saturated rings. The lowest BCUT2D eigenvalue weighted by molar-refractivity contribution is 0.0961. The summed E-state index contributed by atoms with van der Waals surface area (Å²) in [6, 6.07) is 11.1. The van der Waals surface area contributed by atoms with E-state index >= 15 is 0 Å². The second kappa shape index (κ2) is 8.19. The Balaban J connectivity index is 1.74. The Morgan fingerprint density at radius 2 is 1.89 bits per heavy atom. The molecule has 1 heterocycles. The number of halogens is 3. The quantitative estimate of drug-likeness (QED) is 0.435. The van der Waals surface area contributed by atoms with E-state index < -0.39 is 5.82 Å². The van der Waals surface area contributed by atoms with Gasteiger partial charge in [-0.05, 0) is 46.3 Å². The second-order valence-corrected chi connectivity index (χ2v) is 6.56. The maximum atomic E-state index is 13.3. The average molecular weight is 452 g/mol. The topological polar surface area (TPSA) is 105 Å². The van der Waals surface area contributed by atoms with Gasteiger partial charge in [-0.3, -0.25) is 15.6 Å². The van der Waals surface area contributed by atoms with Gasteiger partial charge in [-0.1, -0.05) is 23.7 Å². The molecule has 5 N–H and O–H groups in total. The lowest BCUT2D eigenvalue weighted by Gasteiger charge is -2.13. The summed E-state index contributed by atoms with van der Waals surface area (Å²) in [5.74, 6) is -0.443. The zero-order valence-electron chi connectivity index (χ0n) is 13.6. The number of anilines is 4. The number of carbonyl (C=O) groups excluding carboxylic acids is 1. The molecule has 138 valence electrons. The van der Waals surface area contributed by atoms with Crippen molar-refractivity contribution in [3.8, 4) is 0 Å². The molecule has 7 nitrogen and oxygen atoms in total.